The van der Waals surface area contributed by atoms with E-state index in [1.807, 2.05) is 31.2 Å². The number of benzene rings is 2. The molecule has 2 atom stereocenters. The summed E-state index contributed by atoms with van der Waals surface area (Å²) < 4.78 is 5.64. The molecule has 0 spiro atoms. The lowest BCUT2D eigenvalue weighted by atomic mass is 9.98. The molecule has 0 heterocycles. The van der Waals surface area contributed by atoms with E-state index in [2.05, 4.69) is 29.6 Å². The predicted octanol–water partition coefficient (Wildman–Crippen LogP) is 4.41. The molecular weight excluding hydrogens is 432 g/mol. The van der Waals surface area contributed by atoms with Crippen LogP contribution in [0.15, 0.2) is 48.5 Å². The standard InChI is InChI=1S/C27H32N2O5/c1-2-13-29(16-26(31)32)25(30)15-18-11-12-19(14-18)28-27(33)34-17-24-22-9-5-3-7-20(22)21-8-4-6-10-23(21)24/h3-10,18-19,24H,2,11-17H2,1H3,(H,28,33)(H,31,32)/t18-,19+/m1/s1. The first kappa shape index (κ1) is 23.8. The lowest BCUT2D eigenvalue weighted by Crippen LogP contribution is -2.37. The second kappa shape index (κ2) is 10.7. The summed E-state index contributed by atoms with van der Waals surface area (Å²) in [4.78, 5) is 37.6. The number of alkyl carbamates (subject to hydrolysis) is 1. The van der Waals surface area contributed by atoms with Crippen LogP contribution in [0.4, 0.5) is 4.79 Å². The zero-order valence-electron chi connectivity index (χ0n) is 19.5. The monoisotopic (exact) mass is 464 g/mol. The molecule has 1 saturated carbocycles. The van der Waals surface area contributed by atoms with E-state index in [-0.39, 0.29) is 36.9 Å². The molecule has 2 aromatic carbocycles. The van der Waals surface area contributed by atoms with Crippen molar-refractivity contribution in [3.63, 3.8) is 0 Å². The quantitative estimate of drug-likeness (QED) is 0.573. The van der Waals surface area contributed by atoms with Crippen LogP contribution in [0.25, 0.3) is 11.1 Å². The molecule has 2 amide bonds. The maximum Gasteiger partial charge on any atom is 0.407 e. The highest BCUT2D eigenvalue weighted by Crippen LogP contribution is 2.44. The molecule has 2 aliphatic rings. The number of carbonyl (C=O) groups is 3. The maximum absolute atomic E-state index is 12.6. The summed E-state index contributed by atoms with van der Waals surface area (Å²) in [6, 6.07) is 16.4. The van der Waals surface area contributed by atoms with E-state index in [1.54, 1.807) is 0 Å². The number of aliphatic carboxylic acids is 1. The molecule has 4 rings (SSSR count). The van der Waals surface area contributed by atoms with Gasteiger partial charge in [-0.2, -0.15) is 0 Å². The van der Waals surface area contributed by atoms with Gasteiger partial charge in [-0.25, -0.2) is 4.79 Å². The van der Waals surface area contributed by atoms with Gasteiger partial charge in [0.05, 0.1) is 0 Å². The largest absolute Gasteiger partial charge is 0.480 e. The maximum atomic E-state index is 12.6. The third-order valence-electron chi connectivity index (χ3n) is 6.84. The van der Waals surface area contributed by atoms with E-state index in [9.17, 15) is 14.4 Å². The van der Waals surface area contributed by atoms with E-state index in [1.165, 1.54) is 27.2 Å². The van der Waals surface area contributed by atoms with Crippen LogP contribution in [0.3, 0.4) is 0 Å². The van der Waals surface area contributed by atoms with Crippen molar-refractivity contribution in [2.24, 2.45) is 5.92 Å². The molecular formula is C27H32N2O5. The zero-order valence-corrected chi connectivity index (χ0v) is 19.5. The molecule has 2 aromatic rings. The van der Waals surface area contributed by atoms with Gasteiger partial charge >= 0.3 is 12.1 Å². The summed E-state index contributed by atoms with van der Waals surface area (Å²) in [6.07, 6.45) is 2.91. The molecule has 0 aliphatic heterocycles. The highest BCUT2D eigenvalue weighted by atomic mass is 16.5. The van der Waals surface area contributed by atoms with Gasteiger partial charge in [0.2, 0.25) is 5.91 Å². The predicted molar refractivity (Wildman–Crippen MR) is 128 cm³/mol. The smallest absolute Gasteiger partial charge is 0.407 e. The number of carbonyl (C=O) groups excluding carboxylic acids is 2. The van der Waals surface area contributed by atoms with E-state index in [0.717, 1.165) is 19.3 Å². The molecule has 0 bridgehead atoms. The highest BCUT2D eigenvalue weighted by molar-refractivity contribution is 5.81. The fourth-order valence-electron chi connectivity index (χ4n) is 5.30. The third-order valence-corrected chi connectivity index (χ3v) is 6.84. The zero-order chi connectivity index (χ0) is 24.1. The lowest BCUT2D eigenvalue weighted by Gasteiger charge is -2.22. The number of nitrogens with zero attached hydrogens (tertiary/aromatic N) is 1. The Balaban J connectivity index is 1.27. The van der Waals surface area contributed by atoms with E-state index < -0.39 is 12.1 Å². The Bertz CT molecular complexity index is 1010. The van der Waals surface area contributed by atoms with Crippen LogP contribution in [0, 0.1) is 5.92 Å². The lowest BCUT2D eigenvalue weighted by molar-refractivity contribution is -0.144. The second-order valence-corrected chi connectivity index (χ2v) is 9.26. The van der Waals surface area contributed by atoms with Crippen molar-refractivity contribution in [2.45, 2.75) is 51.0 Å². The molecule has 1 fully saturated rings. The minimum atomic E-state index is -0.997. The molecule has 2 N–H and O–H groups in total. The Labute approximate surface area is 200 Å². The number of ether oxygens (including phenoxy) is 1. The van der Waals surface area contributed by atoms with Gasteiger partial charge in [0.1, 0.15) is 13.2 Å². The van der Waals surface area contributed by atoms with Crippen LogP contribution in [-0.2, 0) is 14.3 Å². The van der Waals surface area contributed by atoms with Gasteiger partial charge in [0.25, 0.3) is 0 Å². The Morgan fingerprint density at radius 1 is 1.03 bits per heavy atom. The first-order chi connectivity index (χ1) is 16.5. The SMILES string of the molecule is CCCN(CC(=O)O)C(=O)C[C@@H]1CC[C@H](NC(=O)OCC2c3ccccc3-c3ccccc32)C1. The number of rotatable bonds is 9. The normalized spacial score (nSPS) is 18.7. The molecule has 7 nitrogen and oxygen atoms in total. The molecule has 0 unspecified atom stereocenters. The summed E-state index contributed by atoms with van der Waals surface area (Å²) >= 11 is 0. The number of amides is 2. The second-order valence-electron chi connectivity index (χ2n) is 9.26. The van der Waals surface area contributed by atoms with Crippen molar-refractivity contribution in [2.75, 3.05) is 19.7 Å². The molecule has 0 radical (unpaired) electrons. The van der Waals surface area contributed by atoms with Gasteiger partial charge in [0, 0.05) is 24.9 Å². The fraction of sp³-hybridized carbons (Fsp3) is 0.444. The molecule has 34 heavy (non-hydrogen) atoms. The minimum absolute atomic E-state index is 0.0193. The van der Waals surface area contributed by atoms with Gasteiger partial charge in [-0.15, -0.1) is 0 Å². The number of hydrogen-bond donors (Lipinski definition) is 2. The topological polar surface area (TPSA) is 95.9 Å². The van der Waals surface area contributed by atoms with Gasteiger partial charge in [0.15, 0.2) is 0 Å². The molecule has 7 heteroatoms. The average molecular weight is 465 g/mol. The number of carboxylic acid groups (broad SMARTS) is 1. The molecule has 0 saturated heterocycles. The summed E-state index contributed by atoms with van der Waals surface area (Å²) in [5, 5.41) is 12.0. The van der Waals surface area contributed by atoms with Crippen LogP contribution in [0.5, 0.6) is 0 Å². The van der Waals surface area contributed by atoms with E-state index >= 15 is 0 Å². The van der Waals surface area contributed by atoms with Crippen LogP contribution in [-0.4, -0.2) is 53.7 Å². The first-order valence-electron chi connectivity index (χ1n) is 12.1. The summed E-state index contributed by atoms with van der Waals surface area (Å²) in [5.41, 5.74) is 4.73. The Morgan fingerprint density at radius 3 is 2.29 bits per heavy atom. The summed E-state index contributed by atoms with van der Waals surface area (Å²) in [6.45, 7) is 2.38. The van der Waals surface area contributed by atoms with Crippen molar-refractivity contribution in [3.05, 3.63) is 59.7 Å². The van der Waals surface area contributed by atoms with E-state index in [0.29, 0.717) is 19.4 Å². The third kappa shape index (κ3) is 5.41. The van der Waals surface area contributed by atoms with E-state index in [4.69, 9.17) is 9.84 Å². The van der Waals surface area contributed by atoms with Gasteiger partial charge < -0.3 is 20.1 Å². The number of fused-ring (bicyclic) bond motifs is 3. The Morgan fingerprint density at radius 2 is 1.68 bits per heavy atom. The van der Waals surface area contributed by atoms with Crippen molar-refractivity contribution in [1.29, 1.82) is 0 Å². The average Bonchev–Trinajstić information content (AvgIpc) is 3.39. The van der Waals surface area contributed by atoms with Gasteiger partial charge in [-0.3, -0.25) is 9.59 Å². The summed E-state index contributed by atoms with van der Waals surface area (Å²) in [7, 11) is 0. The molecule has 0 aromatic heterocycles. The fourth-order valence-corrected chi connectivity index (χ4v) is 5.30. The Hall–Kier alpha value is -3.35. The number of carboxylic acids is 1. The highest BCUT2D eigenvalue weighted by Gasteiger charge is 2.31. The van der Waals surface area contributed by atoms with Crippen LogP contribution >= 0.6 is 0 Å². The summed E-state index contributed by atoms with van der Waals surface area (Å²) in [5.74, 6) is -0.968. The molecule has 2 aliphatic carbocycles. The van der Waals surface area contributed by atoms with Crippen molar-refractivity contribution in [3.8, 4) is 11.1 Å². The van der Waals surface area contributed by atoms with Gasteiger partial charge in [-0.05, 0) is 53.9 Å². The number of nitrogens with one attached hydrogen (secondary N) is 1. The van der Waals surface area contributed by atoms with Gasteiger partial charge in [-0.1, -0.05) is 55.5 Å². The van der Waals surface area contributed by atoms with Crippen LogP contribution < -0.4 is 5.32 Å². The van der Waals surface area contributed by atoms with Crippen molar-refractivity contribution in [1.82, 2.24) is 10.2 Å². The Kier molecular flexibility index (Phi) is 7.50. The van der Waals surface area contributed by atoms with Crippen LogP contribution in [0.1, 0.15) is 56.1 Å². The van der Waals surface area contributed by atoms with Crippen LogP contribution in [0.2, 0.25) is 0 Å². The first-order valence-corrected chi connectivity index (χ1v) is 12.1. The minimum Gasteiger partial charge on any atom is -0.480 e. The number of hydrogen-bond acceptors (Lipinski definition) is 4. The van der Waals surface area contributed by atoms with Crippen molar-refractivity contribution < 1.29 is 24.2 Å². The molecule has 180 valence electrons. The van der Waals surface area contributed by atoms with Crippen molar-refractivity contribution >= 4 is 18.0 Å².